The summed E-state index contributed by atoms with van der Waals surface area (Å²) in [6, 6.07) is 1.80. The van der Waals surface area contributed by atoms with Crippen molar-refractivity contribution < 1.29 is 18.3 Å². The van der Waals surface area contributed by atoms with Crippen molar-refractivity contribution in [3.63, 3.8) is 0 Å². The van der Waals surface area contributed by atoms with Crippen LogP contribution in [-0.4, -0.2) is 15.3 Å². The summed E-state index contributed by atoms with van der Waals surface area (Å²) in [6.45, 7) is 0. The number of alkyl halides is 3. The zero-order chi connectivity index (χ0) is 13.5. The van der Waals surface area contributed by atoms with Gasteiger partial charge in [-0.3, -0.25) is 5.10 Å². The second-order valence-corrected chi connectivity index (χ2v) is 4.40. The largest absolute Gasteiger partial charge is 0.507 e. The molecule has 1 heterocycles. The number of benzene rings is 1. The van der Waals surface area contributed by atoms with Crippen LogP contribution in [0.5, 0.6) is 5.75 Å². The summed E-state index contributed by atoms with van der Waals surface area (Å²) in [5, 5.41) is 15.3. The number of nitrogens with two attached hydrogens (primary N) is 1. The summed E-state index contributed by atoms with van der Waals surface area (Å²) in [5.74, 6) is -0.466. The van der Waals surface area contributed by atoms with E-state index in [0.717, 1.165) is 6.07 Å². The van der Waals surface area contributed by atoms with Crippen molar-refractivity contribution >= 4 is 21.7 Å². The van der Waals surface area contributed by atoms with Gasteiger partial charge in [0.2, 0.25) is 0 Å². The number of hydrogen-bond donors (Lipinski definition) is 3. The average Bonchev–Trinajstić information content (AvgIpc) is 2.66. The molecule has 1 aromatic carbocycles. The standard InChI is InChI=1S/C10H7BrF3N3O/c11-7-1-4(5-3-16-17-9(5)15)6(2-8(7)18)10(12,13)14/h1-3,18H,(H3,15,16,17). The fourth-order valence-corrected chi connectivity index (χ4v) is 1.87. The number of aromatic nitrogens is 2. The molecule has 0 amide bonds. The normalized spacial score (nSPS) is 11.8. The molecule has 0 radical (unpaired) electrons. The molecule has 2 aromatic rings. The van der Waals surface area contributed by atoms with E-state index in [1.165, 1.54) is 6.20 Å². The number of aromatic hydroxyl groups is 1. The molecule has 0 aliphatic rings. The molecule has 0 bridgehead atoms. The van der Waals surface area contributed by atoms with E-state index in [2.05, 4.69) is 26.1 Å². The number of H-pyrrole nitrogens is 1. The summed E-state index contributed by atoms with van der Waals surface area (Å²) in [6.07, 6.45) is -3.40. The van der Waals surface area contributed by atoms with Gasteiger partial charge in [-0.25, -0.2) is 0 Å². The number of phenolic OH excluding ortho intramolecular Hbond substituents is 1. The molecule has 0 unspecified atom stereocenters. The number of nitrogens with zero attached hydrogens (tertiary/aromatic N) is 1. The summed E-state index contributed by atoms with van der Waals surface area (Å²) >= 11 is 2.97. The van der Waals surface area contributed by atoms with Gasteiger partial charge in [-0.2, -0.15) is 18.3 Å². The molecule has 0 fully saturated rings. The van der Waals surface area contributed by atoms with E-state index in [9.17, 15) is 18.3 Å². The molecule has 0 aliphatic carbocycles. The number of aromatic amines is 1. The molecule has 0 saturated heterocycles. The van der Waals surface area contributed by atoms with Crippen LogP contribution in [0.2, 0.25) is 0 Å². The van der Waals surface area contributed by atoms with Crippen molar-refractivity contribution in [3.8, 4) is 16.9 Å². The van der Waals surface area contributed by atoms with Gasteiger partial charge in [-0.15, -0.1) is 0 Å². The highest BCUT2D eigenvalue weighted by atomic mass is 79.9. The number of rotatable bonds is 1. The summed E-state index contributed by atoms with van der Waals surface area (Å²) in [4.78, 5) is 0. The predicted octanol–water partition coefficient (Wildman–Crippen LogP) is 3.15. The van der Waals surface area contributed by atoms with E-state index in [1.807, 2.05) is 0 Å². The van der Waals surface area contributed by atoms with Crippen molar-refractivity contribution in [1.29, 1.82) is 0 Å². The van der Waals surface area contributed by atoms with E-state index >= 15 is 0 Å². The number of nitrogens with one attached hydrogen (secondary N) is 1. The highest BCUT2D eigenvalue weighted by Crippen LogP contribution is 2.42. The molecule has 0 atom stereocenters. The van der Waals surface area contributed by atoms with Gasteiger partial charge in [0.25, 0.3) is 0 Å². The zero-order valence-corrected chi connectivity index (χ0v) is 10.3. The van der Waals surface area contributed by atoms with Crippen LogP contribution in [0.15, 0.2) is 22.8 Å². The van der Waals surface area contributed by atoms with Crippen LogP contribution in [-0.2, 0) is 6.18 Å². The zero-order valence-electron chi connectivity index (χ0n) is 8.72. The molecule has 4 N–H and O–H groups in total. The summed E-state index contributed by atoms with van der Waals surface area (Å²) in [5.41, 5.74) is 4.51. The molecule has 0 aliphatic heterocycles. The maximum atomic E-state index is 12.9. The maximum Gasteiger partial charge on any atom is 0.417 e. The van der Waals surface area contributed by atoms with Crippen LogP contribution in [0.3, 0.4) is 0 Å². The first-order valence-corrected chi connectivity index (χ1v) is 5.49. The van der Waals surface area contributed by atoms with Gasteiger partial charge in [-0.1, -0.05) is 0 Å². The maximum absolute atomic E-state index is 12.9. The molecular formula is C10H7BrF3N3O. The number of nitrogen functional groups attached to an aromatic ring is 1. The van der Waals surface area contributed by atoms with Crippen molar-refractivity contribution in [3.05, 3.63) is 28.4 Å². The Hall–Kier alpha value is -1.70. The molecule has 0 spiro atoms. The van der Waals surface area contributed by atoms with Crippen LogP contribution in [0.25, 0.3) is 11.1 Å². The lowest BCUT2D eigenvalue weighted by molar-refractivity contribution is -0.137. The summed E-state index contributed by atoms with van der Waals surface area (Å²) in [7, 11) is 0. The third kappa shape index (κ3) is 2.15. The van der Waals surface area contributed by atoms with Crippen LogP contribution in [0.1, 0.15) is 5.56 Å². The number of anilines is 1. The van der Waals surface area contributed by atoms with Crippen LogP contribution in [0, 0.1) is 0 Å². The molecule has 0 saturated carbocycles. The van der Waals surface area contributed by atoms with Gasteiger partial charge >= 0.3 is 6.18 Å². The predicted molar refractivity (Wildman–Crippen MR) is 62.8 cm³/mol. The quantitative estimate of drug-likeness (QED) is 0.755. The average molecular weight is 322 g/mol. The number of phenols is 1. The Morgan fingerprint density at radius 1 is 1.28 bits per heavy atom. The van der Waals surface area contributed by atoms with E-state index < -0.39 is 17.5 Å². The molecule has 1 aromatic heterocycles. The summed E-state index contributed by atoms with van der Waals surface area (Å²) < 4.78 is 38.8. The smallest absolute Gasteiger partial charge is 0.417 e. The van der Waals surface area contributed by atoms with E-state index in [-0.39, 0.29) is 21.4 Å². The monoisotopic (exact) mass is 321 g/mol. The number of halogens is 4. The van der Waals surface area contributed by atoms with E-state index in [1.54, 1.807) is 0 Å². The van der Waals surface area contributed by atoms with E-state index in [0.29, 0.717) is 6.07 Å². The van der Waals surface area contributed by atoms with Crippen molar-refractivity contribution in [2.45, 2.75) is 6.18 Å². The molecule has 8 heteroatoms. The Morgan fingerprint density at radius 2 is 1.94 bits per heavy atom. The van der Waals surface area contributed by atoms with Gasteiger partial charge < -0.3 is 10.8 Å². The third-order valence-corrected chi connectivity index (χ3v) is 2.99. The lowest BCUT2D eigenvalue weighted by Crippen LogP contribution is -2.07. The lowest BCUT2D eigenvalue weighted by atomic mass is 10.0. The van der Waals surface area contributed by atoms with Crippen LogP contribution in [0.4, 0.5) is 19.0 Å². The first kappa shape index (κ1) is 12.7. The first-order chi connectivity index (χ1) is 8.30. The van der Waals surface area contributed by atoms with E-state index in [4.69, 9.17) is 5.73 Å². The van der Waals surface area contributed by atoms with Gasteiger partial charge in [0, 0.05) is 11.1 Å². The van der Waals surface area contributed by atoms with Crippen LogP contribution >= 0.6 is 15.9 Å². The second kappa shape index (κ2) is 4.20. The number of hydrogen-bond acceptors (Lipinski definition) is 3. The highest BCUT2D eigenvalue weighted by Gasteiger charge is 2.35. The molecule has 18 heavy (non-hydrogen) atoms. The Labute approximate surface area is 108 Å². The lowest BCUT2D eigenvalue weighted by Gasteiger charge is -2.13. The molecule has 2 rings (SSSR count). The van der Waals surface area contributed by atoms with Gasteiger partial charge in [-0.05, 0) is 28.1 Å². The molecule has 4 nitrogen and oxygen atoms in total. The SMILES string of the molecule is Nc1[nH]ncc1-c1cc(Br)c(O)cc1C(F)(F)F. The van der Waals surface area contributed by atoms with Crippen molar-refractivity contribution in [1.82, 2.24) is 10.2 Å². The molecule has 96 valence electrons. The minimum Gasteiger partial charge on any atom is -0.507 e. The minimum atomic E-state index is -4.60. The Morgan fingerprint density at radius 3 is 2.44 bits per heavy atom. The fourth-order valence-electron chi connectivity index (χ4n) is 1.53. The second-order valence-electron chi connectivity index (χ2n) is 3.54. The third-order valence-electron chi connectivity index (χ3n) is 2.35. The Bertz CT molecular complexity index is 595. The topological polar surface area (TPSA) is 74.9 Å². The Kier molecular flexibility index (Phi) is 2.97. The minimum absolute atomic E-state index is 0.0260. The van der Waals surface area contributed by atoms with Crippen molar-refractivity contribution in [2.75, 3.05) is 5.73 Å². The van der Waals surface area contributed by atoms with Crippen molar-refractivity contribution in [2.24, 2.45) is 0 Å². The van der Waals surface area contributed by atoms with Gasteiger partial charge in [0.15, 0.2) is 0 Å². The fraction of sp³-hybridized carbons (Fsp3) is 0.100. The molecular weight excluding hydrogens is 315 g/mol. The van der Waals surface area contributed by atoms with Crippen LogP contribution < -0.4 is 5.73 Å². The van der Waals surface area contributed by atoms with Gasteiger partial charge in [0.05, 0.1) is 16.2 Å². The highest BCUT2D eigenvalue weighted by molar-refractivity contribution is 9.10. The Balaban J connectivity index is 2.73. The first-order valence-electron chi connectivity index (χ1n) is 4.69. The van der Waals surface area contributed by atoms with Gasteiger partial charge in [0.1, 0.15) is 11.6 Å².